The summed E-state index contributed by atoms with van der Waals surface area (Å²) in [7, 11) is -3.88. The summed E-state index contributed by atoms with van der Waals surface area (Å²) in [6, 6.07) is 9.30. The Labute approximate surface area is 198 Å². The lowest BCUT2D eigenvalue weighted by molar-refractivity contribution is -0.126. The van der Waals surface area contributed by atoms with Crippen LogP contribution >= 0.6 is 0 Å². The molecular formula is C27H36N2O3S. The van der Waals surface area contributed by atoms with E-state index < -0.39 is 16.1 Å². The zero-order valence-electron chi connectivity index (χ0n) is 20.3. The maximum absolute atomic E-state index is 14.2. The maximum atomic E-state index is 14.2. The second-order valence-corrected chi connectivity index (χ2v) is 11.7. The highest BCUT2D eigenvalue weighted by Gasteiger charge is 2.41. The zero-order chi connectivity index (χ0) is 23.8. The normalized spacial score (nSPS) is 20.2. The summed E-state index contributed by atoms with van der Waals surface area (Å²) in [5, 5.41) is 3.22. The molecule has 0 spiro atoms. The zero-order valence-corrected chi connectivity index (χ0v) is 21.1. The van der Waals surface area contributed by atoms with Gasteiger partial charge < -0.3 is 5.32 Å². The Morgan fingerprint density at radius 1 is 0.909 bits per heavy atom. The Bertz CT molecular complexity index is 1120. The molecule has 178 valence electrons. The minimum atomic E-state index is -3.88. The van der Waals surface area contributed by atoms with E-state index in [0.29, 0.717) is 11.3 Å². The Kier molecular flexibility index (Phi) is 6.96. The van der Waals surface area contributed by atoms with Gasteiger partial charge in [-0.15, -0.1) is 0 Å². The maximum Gasteiger partial charge on any atom is 0.244 e. The van der Waals surface area contributed by atoms with E-state index in [1.807, 2.05) is 58.0 Å². The molecule has 1 N–H and O–H groups in total. The monoisotopic (exact) mass is 468 g/mol. The van der Waals surface area contributed by atoms with E-state index in [0.717, 1.165) is 59.1 Å². The van der Waals surface area contributed by atoms with Crippen molar-refractivity contribution in [2.75, 3.05) is 0 Å². The molecule has 2 aliphatic rings. The Hall–Kier alpha value is -2.18. The number of sulfonamides is 1. The van der Waals surface area contributed by atoms with Crippen molar-refractivity contribution in [3.63, 3.8) is 0 Å². The van der Waals surface area contributed by atoms with Gasteiger partial charge in [0.25, 0.3) is 0 Å². The summed E-state index contributed by atoms with van der Waals surface area (Å²) >= 11 is 0. The predicted octanol–water partition coefficient (Wildman–Crippen LogP) is 4.87. The molecule has 6 heteroatoms. The molecule has 0 unspecified atom stereocenters. The highest BCUT2D eigenvalue weighted by Crippen LogP contribution is 2.34. The van der Waals surface area contributed by atoms with Crippen molar-refractivity contribution in [3.05, 3.63) is 63.7 Å². The van der Waals surface area contributed by atoms with Gasteiger partial charge in [-0.2, -0.15) is 4.31 Å². The summed E-state index contributed by atoms with van der Waals surface area (Å²) in [4.78, 5) is 13.9. The van der Waals surface area contributed by atoms with Crippen LogP contribution in [-0.2, 0) is 27.8 Å². The quantitative estimate of drug-likeness (QED) is 0.651. The molecule has 1 saturated carbocycles. The Morgan fingerprint density at radius 2 is 1.48 bits per heavy atom. The standard InChI is InChI=1S/C27H36N2O3S/c1-18-15-19(2)21(4)26(20(18)3)33(31,32)29-17-23-12-10-9-11-22(23)16-25(29)27(30)28-24-13-7-5-6-8-14-24/h9-12,15,24-25H,5-8,13-14,16-17H2,1-4H3,(H,28,30)/t25-/m1/s1. The molecule has 0 bridgehead atoms. The summed E-state index contributed by atoms with van der Waals surface area (Å²) < 4.78 is 29.8. The van der Waals surface area contributed by atoms with E-state index >= 15 is 0 Å². The van der Waals surface area contributed by atoms with Crippen molar-refractivity contribution in [1.29, 1.82) is 0 Å². The van der Waals surface area contributed by atoms with Gasteiger partial charge in [-0.05, 0) is 80.3 Å². The van der Waals surface area contributed by atoms with Gasteiger partial charge in [-0.3, -0.25) is 4.79 Å². The molecule has 1 atom stereocenters. The molecule has 33 heavy (non-hydrogen) atoms. The number of hydrogen-bond acceptors (Lipinski definition) is 3. The SMILES string of the molecule is Cc1cc(C)c(C)c(S(=O)(=O)N2Cc3ccccc3C[C@@H]2C(=O)NC2CCCCCC2)c1C. The highest BCUT2D eigenvalue weighted by atomic mass is 32.2. The Morgan fingerprint density at radius 3 is 2.09 bits per heavy atom. The number of carbonyl (C=O) groups excluding carboxylic acids is 1. The van der Waals surface area contributed by atoms with Crippen LogP contribution in [0.4, 0.5) is 0 Å². The molecule has 2 aromatic carbocycles. The average molecular weight is 469 g/mol. The number of amides is 1. The minimum Gasteiger partial charge on any atom is -0.352 e. The van der Waals surface area contributed by atoms with Gasteiger partial charge in [0.2, 0.25) is 15.9 Å². The molecule has 0 radical (unpaired) electrons. The van der Waals surface area contributed by atoms with E-state index in [1.54, 1.807) is 0 Å². The van der Waals surface area contributed by atoms with Gasteiger partial charge >= 0.3 is 0 Å². The third-order valence-electron chi connectivity index (χ3n) is 7.57. The third kappa shape index (κ3) is 4.73. The van der Waals surface area contributed by atoms with E-state index in [9.17, 15) is 13.2 Å². The van der Waals surface area contributed by atoms with Crippen molar-refractivity contribution in [2.45, 2.75) is 96.2 Å². The Balaban J connectivity index is 1.74. The van der Waals surface area contributed by atoms with Crippen LogP contribution < -0.4 is 5.32 Å². The predicted molar refractivity (Wildman–Crippen MR) is 132 cm³/mol. The topological polar surface area (TPSA) is 66.5 Å². The summed E-state index contributed by atoms with van der Waals surface area (Å²) in [6.45, 7) is 7.85. The number of benzene rings is 2. The number of nitrogens with zero attached hydrogens (tertiary/aromatic N) is 1. The van der Waals surface area contributed by atoms with Crippen LogP contribution in [0.2, 0.25) is 0 Å². The highest BCUT2D eigenvalue weighted by molar-refractivity contribution is 7.89. The smallest absolute Gasteiger partial charge is 0.244 e. The van der Waals surface area contributed by atoms with Gasteiger partial charge in [0, 0.05) is 12.6 Å². The number of rotatable bonds is 4. The molecule has 1 aliphatic heterocycles. The molecule has 1 fully saturated rings. The molecular weight excluding hydrogens is 432 g/mol. The van der Waals surface area contributed by atoms with Crippen molar-refractivity contribution >= 4 is 15.9 Å². The first-order chi connectivity index (χ1) is 15.7. The van der Waals surface area contributed by atoms with Crippen LogP contribution in [-0.4, -0.2) is 30.7 Å². The van der Waals surface area contributed by atoms with Gasteiger partial charge in [0.1, 0.15) is 6.04 Å². The van der Waals surface area contributed by atoms with Crippen LogP contribution in [0.15, 0.2) is 35.2 Å². The average Bonchev–Trinajstić information content (AvgIpc) is 3.05. The minimum absolute atomic E-state index is 0.131. The lowest BCUT2D eigenvalue weighted by atomic mass is 9.95. The molecule has 1 amide bonds. The van der Waals surface area contributed by atoms with E-state index in [4.69, 9.17) is 0 Å². The first kappa shape index (κ1) is 24.0. The first-order valence-corrected chi connectivity index (χ1v) is 13.6. The number of aryl methyl sites for hydroxylation is 2. The molecule has 0 saturated heterocycles. The van der Waals surface area contributed by atoms with Crippen molar-refractivity contribution in [2.24, 2.45) is 0 Å². The van der Waals surface area contributed by atoms with E-state index in [-0.39, 0.29) is 18.5 Å². The van der Waals surface area contributed by atoms with Gasteiger partial charge in [-0.25, -0.2) is 8.42 Å². The lowest BCUT2D eigenvalue weighted by Crippen LogP contribution is -2.54. The van der Waals surface area contributed by atoms with Crippen molar-refractivity contribution < 1.29 is 13.2 Å². The second kappa shape index (κ2) is 9.59. The third-order valence-corrected chi connectivity index (χ3v) is 9.70. The van der Waals surface area contributed by atoms with Crippen LogP contribution in [0.5, 0.6) is 0 Å². The fourth-order valence-corrected chi connectivity index (χ4v) is 7.53. The van der Waals surface area contributed by atoms with Crippen molar-refractivity contribution in [3.8, 4) is 0 Å². The van der Waals surface area contributed by atoms with Crippen LogP contribution in [0.1, 0.15) is 71.9 Å². The fourth-order valence-electron chi connectivity index (χ4n) is 5.38. The first-order valence-electron chi connectivity index (χ1n) is 12.2. The van der Waals surface area contributed by atoms with E-state index in [1.165, 1.54) is 17.1 Å². The number of fused-ring (bicyclic) bond motifs is 1. The van der Waals surface area contributed by atoms with Gasteiger partial charge in [0.15, 0.2) is 0 Å². The molecule has 5 nitrogen and oxygen atoms in total. The van der Waals surface area contributed by atoms with Crippen LogP contribution in [0.25, 0.3) is 0 Å². The van der Waals surface area contributed by atoms with Gasteiger partial charge in [0.05, 0.1) is 4.90 Å². The van der Waals surface area contributed by atoms with Crippen LogP contribution in [0.3, 0.4) is 0 Å². The summed E-state index contributed by atoms with van der Waals surface area (Å²) in [6.07, 6.45) is 6.97. The molecule has 1 heterocycles. The van der Waals surface area contributed by atoms with Crippen molar-refractivity contribution in [1.82, 2.24) is 9.62 Å². The van der Waals surface area contributed by atoms with Crippen LogP contribution in [0, 0.1) is 27.7 Å². The van der Waals surface area contributed by atoms with E-state index in [2.05, 4.69) is 5.32 Å². The summed E-state index contributed by atoms with van der Waals surface area (Å²) in [5.74, 6) is -0.167. The summed E-state index contributed by atoms with van der Waals surface area (Å²) in [5.41, 5.74) is 5.46. The second-order valence-electron chi connectivity index (χ2n) is 9.83. The number of hydrogen-bond donors (Lipinski definition) is 1. The lowest BCUT2D eigenvalue weighted by Gasteiger charge is -2.36. The number of carbonyl (C=O) groups is 1. The molecule has 1 aliphatic carbocycles. The molecule has 0 aromatic heterocycles. The molecule has 2 aromatic rings. The molecule has 4 rings (SSSR count). The fraction of sp³-hybridized carbons (Fsp3) is 0.519. The van der Waals surface area contributed by atoms with Gasteiger partial charge in [-0.1, -0.05) is 56.0 Å². The number of nitrogens with one attached hydrogen (secondary N) is 1. The largest absolute Gasteiger partial charge is 0.352 e.